The normalized spacial score (nSPS) is 14.0. The number of amides is 1. The molecule has 0 saturated carbocycles. The zero-order valence-electron chi connectivity index (χ0n) is 21.0. The number of ether oxygens (including phenoxy) is 1. The van der Waals surface area contributed by atoms with Gasteiger partial charge in [-0.3, -0.25) is 14.7 Å². The van der Waals surface area contributed by atoms with Gasteiger partial charge in [0.15, 0.2) is 0 Å². The molecule has 5 rings (SSSR count). The average molecular weight is 498 g/mol. The molecule has 2 aromatic heterocycles. The summed E-state index contributed by atoms with van der Waals surface area (Å²) in [5.41, 5.74) is 3.81. The van der Waals surface area contributed by atoms with Gasteiger partial charge >= 0.3 is 0 Å². The quantitative estimate of drug-likeness (QED) is 0.339. The van der Waals surface area contributed by atoms with Crippen LogP contribution in [0, 0.1) is 6.92 Å². The van der Waals surface area contributed by atoms with Crippen LogP contribution in [0.5, 0.6) is 5.75 Å². The first-order chi connectivity index (χ1) is 18.1. The summed E-state index contributed by atoms with van der Waals surface area (Å²) < 4.78 is 11.3. The minimum Gasteiger partial charge on any atom is -0.489 e. The van der Waals surface area contributed by atoms with Crippen LogP contribution in [0.15, 0.2) is 77.6 Å². The number of carbonyl (C=O) groups excluding carboxylic acids is 1. The predicted octanol–water partition coefficient (Wildman–Crippen LogP) is 4.41. The van der Waals surface area contributed by atoms with Crippen LogP contribution in [0.4, 0.5) is 0 Å². The Morgan fingerprint density at radius 1 is 1.03 bits per heavy atom. The molecule has 0 unspecified atom stereocenters. The summed E-state index contributed by atoms with van der Waals surface area (Å²) in [4.78, 5) is 26.0. The first-order valence-corrected chi connectivity index (χ1v) is 12.7. The number of hydrogen-bond acceptors (Lipinski definition) is 7. The lowest BCUT2D eigenvalue weighted by Crippen LogP contribution is -2.48. The fraction of sp³-hybridized carbons (Fsp3) is 0.310. The Balaban J connectivity index is 1.06. The van der Waals surface area contributed by atoms with E-state index in [4.69, 9.17) is 9.26 Å². The van der Waals surface area contributed by atoms with Crippen LogP contribution in [0.3, 0.4) is 0 Å². The highest BCUT2D eigenvalue weighted by atomic mass is 16.5. The lowest BCUT2D eigenvalue weighted by Gasteiger charge is -2.34. The predicted molar refractivity (Wildman–Crippen MR) is 140 cm³/mol. The molecular weight excluding hydrogens is 466 g/mol. The van der Waals surface area contributed by atoms with Gasteiger partial charge in [0.05, 0.1) is 0 Å². The number of nitrogens with zero attached hydrogens (tertiary/aromatic N) is 5. The zero-order valence-corrected chi connectivity index (χ0v) is 21.0. The standard InChI is InChI=1S/C29H31N5O3/c1-22-9-11-24(12-10-22)28-31-27(37-32-28)8-4-14-33-15-17-34(18-16-33)29(35)25-6-2-7-26(19-25)36-21-23-5-3-13-30-20-23/h2-3,5-7,9-13,19-20H,4,8,14-18,21H2,1H3. The topological polar surface area (TPSA) is 84.6 Å². The van der Waals surface area contributed by atoms with Crippen molar-refractivity contribution in [2.24, 2.45) is 0 Å². The number of pyridine rings is 1. The van der Waals surface area contributed by atoms with Crippen molar-refractivity contribution in [2.75, 3.05) is 32.7 Å². The molecule has 3 heterocycles. The molecule has 0 N–H and O–H groups in total. The van der Waals surface area contributed by atoms with Crippen molar-refractivity contribution in [3.63, 3.8) is 0 Å². The summed E-state index contributed by atoms with van der Waals surface area (Å²) in [6.45, 7) is 6.52. The van der Waals surface area contributed by atoms with Gasteiger partial charge in [-0.15, -0.1) is 0 Å². The summed E-state index contributed by atoms with van der Waals surface area (Å²) in [6, 6.07) is 19.4. The van der Waals surface area contributed by atoms with E-state index in [2.05, 4.69) is 26.9 Å². The lowest BCUT2D eigenvalue weighted by molar-refractivity contribution is 0.0635. The van der Waals surface area contributed by atoms with Crippen molar-refractivity contribution in [1.29, 1.82) is 0 Å². The summed E-state index contributed by atoms with van der Waals surface area (Å²) >= 11 is 0. The SMILES string of the molecule is Cc1ccc(-c2noc(CCCN3CCN(C(=O)c4cccc(OCc5cccnc5)c4)CC3)n2)cc1. The molecule has 4 aromatic rings. The van der Waals surface area contributed by atoms with Crippen LogP contribution in [0.2, 0.25) is 0 Å². The Bertz CT molecular complexity index is 1300. The van der Waals surface area contributed by atoms with Gasteiger partial charge in [-0.2, -0.15) is 4.98 Å². The van der Waals surface area contributed by atoms with E-state index in [0.29, 0.717) is 42.7 Å². The molecular formula is C29H31N5O3. The van der Waals surface area contributed by atoms with E-state index in [1.165, 1.54) is 5.56 Å². The van der Waals surface area contributed by atoms with E-state index in [-0.39, 0.29) is 5.91 Å². The molecule has 0 atom stereocenters. The molecule has 1 amide bonds. The maximum absolute atomic E-state index is 13.1. The first kappa shape index (κ1) is 24.6. The third-order valence-electron chi connectivity index (χ3n) is 6.51. The average Bonchev–Trinajstić information content (AvgIpc) is 3.42. The maximum atomic E-state index is 13.1. The van der Waals surface area contributed by atoms with Crippen LogP contribution in [-0.4, -0.2) is 63.6 Å². The van der Waals surface area contributed by atoms with Crippen molar-refractivity contribution in [3.8, 4) is 17.1 Å². The van der Waals surface area contributed by atoms with Crippen molar-refractivity contribution in [2.45, 2.75) is 26.4 Å². The molecule has 1 aliphatic heterocycles. The van der Waals surface area contributed by atoms with Gasteiger partial charge in [0.1, 0.15) is 12.4 Å². The van der Waals surface area contributed by atoms with Gasteiger partial charge in [-0.25, -0.2) is 0 Å². The van der Waals surface area contributed by atoms with Crippen molar-refractivity contribution >= 4 is 5.91 Å². The Morgan fingerprint density at radius 3 is 2.65 bits per heavy atom. The second-order valence-corrected chi connectivity index (χ2v) is 9.29. The molecule has 1 aliphatic rings. The monoisotopic (exact) mass is 497 g/mol. The molecule has 37 heavy (non-hydrogen) atoms. The molecule has 8 nitrogen and oxygen atoms in total. The number of piperazine rings is 1. The summed E-state index contributed by atoms with van der Waals surface area (Å²) in [6.07, 6.45) is 5.18. The number of benzene rings is 2. The van der Waals surface area contributed by atoms with Crippen molar-refractivity contribution < 1.29 is 14.1 Å². The summed E-state index contributed by atoms with van der Waals surface area (Å²) in [5, 5.41) is 4.12. The van der Waals surface area contributed by atoms with Gasteiger partial charge in [-0.1, -0.05) is 47.1 Å². The minimum absolute atomic E-state index is 0.0426. The molecule has 1 fully saturated rings. The number of aromatic nitrogens is 3. The van der Waals surface area contributed by atoms with Gasteiger partial charge < -0.3 is 14.2 Å². The zero-order chi connectivity index (χ0) is 25.5. The third-order valence-corrected chi connectivity index (χ3v) is 6.51. The summed E-state index contributed by atoms with van der Waals surface area (Å²) in [7, 11) is 0. The molecule has 1 saturated heterocycles. The number of carbonyl (C=O) groups is 1. The highest BCUT2D eigenvalue weighted by Crippen LogP contribution is 2.19. The third kappa shape index (κ3) is 6.59. The highest BCUT2D eigenvalue weighted by Gasteiger charge is 2.22. The minimum atomic E-state index is 0.0426. The van der Waals surface area contributed by atoms with Crippen LogP contribution >= 0.6 is 0 Å². The number of rotatable bonds is 9. The second-order valence-electron chi connectivity index (χ2n) is 9.29. The molecule has 190 valence electrons. The molecule has 0 aliphatic carbocycles. The Hall–Kier alpha value is -4.04. The van der Waals surface area contributed by atoms with E-state index < -0.39 is 0 Å². The Labute approximate surface area is 216 Å². The first-order valence-electron chi connectivity index (χ1n) is 12.7. The van der Waals surface area contributed by atoms with E-state index >= 15 is 0 Å². The maximum Gasteiger partial charge on any atom is 0.254 e. The largest absolute Gasteiger partial charge is 0.489 e. The second kappa shape index (κ2) is 11.8. The molecule has 0 spiro atoms. The van der Waals surface area contributed by atoms with Crippen molar-refractivity contribution in [3.05, 3.63) is 95.6 Å². The summed E-state index contributed by atoms with van der Waals surface area (Å²) in [5.74, 6) is 2.02. The van der Waals surface area contributed by atoms with E-state index in [9.17, 15) is 4.79 Å². The van der Waals surface area contributed by atoms with Crippen molar-refractivity contribution in [1.82, 2.24) is 24.9 Å². The number of hydrogen-bond donors (Lipinski definition) is 0. The van der Waals surface area contributed by atoms with Crippen LogP contribution in [-0.2, 0) is 13.0 Å². The highest BCUT2D eigenvalue weighted by molar-refractivity contribution is 5.94. The van der Waals surface area contributed by atoms with Gasteiger partial charge in [-0.05, 0) is 44.2 Å². The van der Waals surface area contributed by atoms with Crippen LogP contribution in [0.25, 0.3) is 11.4 Å². The fourth-order valence-electron chi connectivity index (χ4n) is 4.36. The van der Waals surface area contributed by atoms with Gasteiger partial charge in [0.2, 0.25) is 11.7 Å². The van der Waals surface area contributed by atoms with E-state index in [1.807, 2.05) is 65.6 Å². The fourth-order valence-corrected chi connectivity index (χ4v) is 4.36. The molecule has 2 aromatic carbocycles. The van der Waals surface area contributed by atoms with E-state index in [0.717, 1.165) is 43.6 Å². The van der Waals surface area contributed by atoms with Crippen LogP contribution < -0.4 is 4.74 Å². The number of aryl methyl sites for hydroxylation is 2. The molecule has 0 radical (unpaired) electrons. The van der Waals surface area contributed by atoms with Gasteiger partial charge in [0, 0.05) is 61.7 Å². The van der Waals surface area contributed by atoms with Gasteiger partial charge in [0.25, 0.3) is 5.91 Å². The Kier molecular flexibility index (Phi) is 7.86. The Morgan fingerprint density at radius 2 is 1.86 bits per heavy atom. The molecule has 8 heteroatoms. The van der Waals surface area contributed by atoms with Crippen LogP contribution in [0.1, 0.15) is 33.8 Å². The lowest BCUT2D eigenvalue weighted by atomic mass is 10.1. The smallest absolute Gasteiger partial charge is 0.254 e. The molecule has 0 bridgehead atoms. The van der Waals surface area contributed by atoms with E-state index in [1.54, 1.807) is 12.4 Å².